The molecule has 5 nitrogen and oxygen atoms in total. The standard InChI is InChI=1S/C19H18N4OS/c24-18(17-10-9-15-7-4-8-16(15)11-17)13-25-19-20-21-22-23(19)12-14-5-2-1-3-6-14/h1-3,5-6,9-11H,4,7-8,12-13H2. The fourth-order valence-electron chi connectivity index (χ4n) is 3.11. The monoisotopic (exact) mass is 350 g/mol. The van der Waals surface area contributed by atoms with Crippen molar-refractivity contribution in [3.63, 3.8) is 0 Å². The highest BCUT2D eigenvalue weighted by molar-refractivity contribution is 7.99. The summed E-state index contributed by atoms with van der Waals surface area (Å²) in [5, 5.41) is 12.5. The minimum atomic E-state index is 0.119. The van der Waals surface area contributed by atoms with E-state index in [2.05, 4.69) is 27.7 Å². The molecule has 1 aliphatic carbocycles. The largest absolute Gasteiger partial charge is 0.293 e. The van der Waals surface area contributed by atoms with Gasteiger partial charge in [-0.1, -0.05) is 54.2 Å². The maximum atomic E-state index is 12.5. The highest BCUT2D eigenvalue weighted by Crippen LogP contribution is 2.24. The van der Waals surface area contributed by atoms with Gasteiger partial charge in [0.1, 0.15) is 0 Å². The van der Waals surface area contributed by atoms with Gasteiger partial charge in [0, 0.05) is 5.56 Å². The van der Waals surface area contributed by atoms with Gasteiger partial charge < -0.3 is 0 Å². The Morgan fingerprint density at radius 3 is 2.80 bits per heavy atom. The second-order valence-corrected chi connectivity index (χ2v) is 7.10. The number of nitrogens with zero attached hydrogens (tertiary/aromatic N) is 4. The van der Waals surface area contributed by atoms with Crippen LogP contribution in [0.15, 0.2) is 53.7 Å². The Balaban J connectivity index is 1.42. The van der Waals surface area contributed by atoms with Gasteiger partial charge in [0.25, 0.3) is 0 Å². The van der Waals surface area contributed by atoms with Gasteiger partial charge in [-0.3, -0.25) is 4.79 Å². The van der Waals surface area contributed by atoms with Crippen molar-refractivity contribution in [2.45, 2.75) is 31.0 Å². The van der Waals surface area contributed by atoms with Crippen molar-refractivity contribution in [2.75, 3.05) is 5.75 Å². The van der Waals surface area contributed by atoms with Crippen LogP contribution in [-0.2, 0) is 19.4 Å². The Kier molecular flexibility index (Phi) is 4.61. The molecule has 4 rings (SSSR count). The van der Waals surface area contributed by atoms with Crippen molar-refractivity contribution in [3.8, 4) is 0 Å². The molecule has 126 valence electrons. The molecular formula is C19H18N4OS. The number of benzene rings is 2. The third kappa shape index (κ3) is 3.64. The van der Waals surface area contributed by atoms with Crippen LogP contribution in [0.1, 0.15) is 33.5 Å². The first-order valence-electron chi connectivity index (χ1n) is 8.37. The number of hydrogen-bond donors (Lipinski definition) is 0. The molecule has 0 N–H and O–H groups in total. The molecule has 0 spiro atoms. The number of thioether (sulfide) groups is 1. The molecule has 3 aromatic rings. The quantitative estimate of drug-likeness (QED) is 0.505. The highest BCUT2D eigenvalue weighted by Gasteiger charge is 2.15. The number of tetrazole rings is 1. The molecule has 0 radical (unpaired) electrons. The Bertz CT molecular complexity index is 891. The average Bonchev–Trinajstić information content (AvgIpc) is 3.29. The SMILES string of the molecule is O=C(CSc1nnnn1Cc1ccccc1)c1ccc2c(c1)CCC2. The van der Waals surface area contributed by atoms with E-state index in [1.54, 1.807) is 4.68 Å². The van der Waals surface area contributed by atoms with E-state index >= 15 is 0 Å². The summed E-state index contributed by atoms with van der Waals surface area (Å²) in [7, 11) is 0. The Morgan fingerprint density at radius 2 is 1.92 bits per heavy atom. The number of ketones is 1. The maximum Gasteiger partial charge on any atom is 0.210 e. The summed E-state index contributed by atoms with van der Waals surface area (Å²) in [6, 6.07) is 16.1. The third-order valence-corrected chi connectivity index (χ3v) is 5.38. The maximum absolute atomic E-state index is 12.5. The second-order valence-electron chi connectivity index (χ2n) is 6.15. The van der Waals surface area contributed by atoms with E-state index in [4.69, 9.17) is 0 Å². The van der Waals surface area contributed by atoms with Crippen molar-refractivity contribution in [2.24, 2.45) is 0 Å². The Morgan fingerprint density at radius 1 is 1.08 bits per heavy atom. The van der Waals surface area contributed by atoms with Crippen molar-refractivity contribution in [3.05, 3.63) is 70.8 Å². The summed E-state index contributed by atoms with van der Waals surface area (Å²) >= 11 is 1.39. The van der Waals surface area contributed by atoms with Gasteiger partial charge in [-0.2, -0.15) is 0 Å². The lowest BCUT2D eigenvalue weighted by molar-refractivity contribution is 0.102. The van der Waals surface area contributed by atoms with Crippen LogP contribution in [0, 0.1) is 0 Å². The molecule has 0 aliphatic heterocycles. The zero-order chi connectivity index (χ0) is 17.1. The van der Waals surface area contributed by atoms with E-state index in [1.807, 2.05) is 36.4 Å². The molecule has 0 amide bonds. The zero-order valence-electron chi connectivity index (χ0n) is 13.8. The third-order valence-electron chi connectivity index (χ3n) is 4.43. The molecule has 0 saturated heterocycles. The number of fused-ring (bicyclic) bond motifs is 1. The molecule has 1 aliphatic rings. The van der Waals surface area contributed by atoms with E-state index in [1.165, 1.54) is 29.3 Å². The van der Waals surface area contributed by atoms with E-state index in [0.29, 0.717) is 17.5 Å². The smallest absolute Gasteiger partial charge is 0.210 e. The molecule has 25 heavy (non-hydrogen) atoms. The Hall–Kier alpha value is -2.47. The number of hydrogen-bond acceptors (Lipinski definition) is 5. The molecule has 0 bridgehead atoms. The van der Waals surface area contributed by atoms with Crippen LogP contribution in [0.3, 0.4) is 0 Å². The first-order chi connectivity index (χ1) is 12.3. The lowest BCUT2D eigenvalue weighted by Gasteiger charge is -2.06. The van der Waals surface area contributed by atoms with Gasteiger partial charge in [-0.15, -0.1) is 5.10 Å². The van der Waals surface area contributed by atoms with Crippen LogP contribution in [0.4, 0.5) is 0 Å². The van der Waals surface area contributed by atoms with Gasteiger partial charge in [-0.25, -0.2) is 4.68 Å². The first kappa shape index (κ1) is 16.0. The number of carbonyl (C=O) groups is 1. The van der Waals surface area contributed by atoms with E-state index < -0.39 is 0 Å². The summed E-state index contributed by atoms with van der Waals surface area (Å²) in [4.78, 5) is 12.5. The van der Waals surface area contributed by atoms with Crippen LogP contribution in [0.25, 0.3) is 0 Å². The van der Waals surface area contributed by atoms with E-state index in [0.717, 1.165) is 24.0 Å². The van der Waals surface area contributed by atoms with Crippen LogP contribution >= 0.6 is 11.8 Å². The Labute approximate surface area is 150 Å². The molecule has 0 fully saturated rings. The molecule has 2 aromatic carbocycles. The average molecular weight is 350 g/mol. The van der Waals surface area contributed by atoms with Crippen molar-refractivity contribution in [1.29, 1.82) is 0 Å². The van der Waals surface area contributed by atoms with Crippen LogP contribution in [-0.4, -0.2) is 31.7 Å². The van der Waals surface area contributed by atoms with Gasteiger partial charge in [-0.05, 0) is 52.4 Å². The van der Waals surface area contributed by atoms with Gasteiger partial charge in [0.05, 0.1) is 12.3 Å². The normalized spacial score (nSPS) is 13.0. The molecule has 0 atom stereocenters. The fourth-order valence-corrected chi connectivity index (χ4v) is 3.89. The topological polar surface area (TPSA) is 60.7 Å². The predicted molar refractivity (Wildman–Crippen MR) is 96.9 cm³/mol. The summed E-state index contributed by atoms with van der Waals surface area (Å²) in [6.45, 7) is 0.600. The summed E-state index contributed by atoms with van der Waals surface area (Å²) < 4.78 is 1.73. The lowest BCUT2D eigenvalue weighted by Crippen LogP contribution is -2.07. The molecule has 1 aromatic heterocycles. The molecular weight excluding hydrogens is 332 g/mol. The summed E-state index contributed by atoms with van der Waals surface area (Å²) in [6.07, 6.45) is 3.40. The molecule has 0 unspecified atom stereocenters. The minimum absolute atomic E-state index is 0.119. The summed E-state index contributed by atoms with van der Waals surface area (Å²) in [5.74, 6) is 0.461. The number of rotatable bonds is 6. The van der Waals surface area contributed by atoms with Crippen LogP contribution in [0.2, 0.25) is 0 Å². The van der Waals surface area contributed by atoms with Gasteiger partial charge in [0.15, 0.2) is 5.78 Å². The van der Waals surface area contributed by atoms with E-state index in [-0.39, 0.29) is 5.78 Å². The molecule has 1 heterocycles. The fraction of sp³-hybridized carbons (Fsp3) is 0.263. The van der Waals surface area contributed by atoms with Crippen molar-refractivity contribution >= 4 is 17.5 Å². The van der Waals surface area contributed by atoms with Crippen LogP contribution < -0.4 is 0 Å². The van der Waals surface area contributed by atoms with Gasteiger partial charge in [0.2, 0.25) is 5.16 Å². The number of aromatic nitrogens is 4. The number of carbonyl (C=O) groups excluding carboxylic acids is 1. The number of aryl methyl sites for hydroxylation is 2. The number of Topliss-reactive ketones (excluding diaryl/α,β-unsaturated/α-hetero) is 1. The van der Waals surface area contributed by atoms with Gasteiger partial charge >= 0.3 is 0 Å². The van der Waals surface area contributed by atoms with Crippen molar-refractivity contribution < 1.29 is 4.79 Å². The van der Waals surface area contributed by atoms with Crippen molar-refractivity contribution in [1.82, 2.24) is 20.2 Å². The van der Waals surface area contributed by atoms with Crippen LogP contribution in [0.5, 0.6) is 0 Å². The highest BCUT2D eigenvalue weighted by atomic mass is 32.2. The second kappa shape index (κ2) is 7.19. The summed E-state index contributed by atoms with van der Waals surface area (Å²) in [5.41, 5.74) is 4.62. The lowest BCUT2D eigenvalue weighted by atomic mass is 10.0. The first-order valence-corrected chi connectivity index (χ1v) is 9.36. The molecule has 6 heteroatoms. The van der Waals surface area contributed by atoms with E-state index in [9.17, 15) is 4.79 Å². The predicted octanol–water partition coefficient (Wildman–Crippen LogP) is 3.19. The minimum Gasteiger partial charge on any atom is -0.293 e. The zero-order valence-corrected chi connectivity index (χ0v) is 14.6. The molecule has 0 saturated carbocycles.